The number of anilines is 1. The summed E-state index contributed by atoms with van der Waals surface area (Å²) in [5, 5.41) is 2.66. The molecule has 30 heavy (non-hydrogen) atoms. The van der Waals surface area contributed by atoms with E-state index in [1.54, 1.807) is 42.5 Å². The summed E-state index contributed by atoms with van der Waals surface area (Å²) in [5.41, 5.74) is 1.75. The lowest BCUT2D eigenvalue weighted by Crippen LogP contribution is -2.21. The van der Waals surface area contributed by atoms with E-state index in [-0.39, 0.29) is 12.4 Å². The van der Waals surface area contributed by atoms with Crippen LogP contribution in [-0.2, 0) is 16.1 Å². The lowest BCUT2D eigenvalue weighted by atomic mass is 10.2. The van der Waals surface area contributed by atoms with Crippen molar-refractivity contribution in [3.8, 4) is 17.2 Å². The second kappa shape index (κ2) is 9.00. The predicted molar refractivity (Wildman–Crippen MR) is 109 cm³/mol. The topological polar surface area (TPSA) is 83.1 Å². The fourth-order valence-electron chi connectivity index (χ4n) is 2.88. The van der Waals surface area contributed by atoms with Gasteiger partial charge in [0.15, 0.2) is 18.1 Å². The molecule has 3 aromatic carbocycles. The monoisotopic (exact) mass is 405 g/mol. The SMILES string of the molecule is O=C(COC(=O)c1ccccc1OCc1ccccc1)Nc1ccc2c(c1)OCO2. The summed E-state index contributed by atoms with van der Waals surface area (Å²) in [6.07, 6.45) is 0. The Balaban J connectivity index is 1.33. The summed E-state index contributed by atoms with van der Waals surface area (Å²) in [6.45, 7) is 0.0339. The van der Waals surface area contributed by atoms with Crippen LogP contribution in [0.15, 0.2) is 72.8 Å². The maximum absolute atomic E-state index is 12.5. The molecule has 0 unspecified atom stereocenters. The first-order valence-corrected chi connectivity index (χ1v) is 9.31. The van der Waals surface area contributed by atoms with Crippen molar-refractivity contribution < 1.29 is 28.5 Å². The molecular formula is C23H19NO6. The normalized spacial score (nSPS) is 11.6. The Hall–Kier alpha value is -4.00. The molecule has 7 nitrogen and oxygen atoms in total. The maximum Gasteiger partial charge on any atom is 0.342 e. The highest BCUT2D eigenvalue weighted by Crippen LogP contribution is 2.34. The number of nitrogens with one attached hydrogen (secondary N) is 1. The number of benzene rings is 3. The number of carbonyl (C=O) groups excluding carboxylic acids is 2. The second-order valence-corrected chi connectivity index (χ2v) is 6.46. The molecule has 0 aliphatic carbocycles. The van der Waals surface area contributed by atoms with Gasteiger partial charge >= 0.3 is 5.97 Å². The number of ether oxygens (including phenoxy) is 4. The van der Waals surface area contributed by atoms with Crippen molar-refractivity contribution >= 4 is 17.6 Å². The Morgan fingerprint density at radius 1 is 0.900 bits per heavy atom. The van der Waals surface area contributed by atoms with E-state index in [1.165, 1.54) is 0 Å². The van der Waals surface area contributed by atoms with Crippen molar-refractivity contribution in [1.82, 2.24) is 0 Å². The van der Waals surface area contributed by atoms with E-state index >= 15 is 0 Å². The summed E-state index contributed by atoms with van der Waals surface area (Å²) in [4.78, 5) is 24.6. The first kappa shape index (κ1) is 19.3. The van der Waals surface area contributed by atoms with Crippen molar-refractivity contribution in [1.29, 1.82) is 0 Å². The summed E-state index contributed by atoms with van der Waals surface area (Å²) in [5.74, 6) is 0.452. The molecule has 1 aliphatic rings. The molecule has 1 aliphatic heterocycles. The summed E-state index contributed by atoms with van der Waals surface area (Å²) >= 11 is 0. The van der Waals surface area contributed by atoms with Gasteiger partial charge < -0.3 is 24.3 Å². The molecule has 1 N–H and O–H groups in total. The fourth-order valence-corrected chi connectivity index (χ4v) is 2.88. The van der Waals surface area contributed by atoms with E-state index in [0.717, 1.165) is 5.56 Å². The molecule has 4 rings (SSSR count). The van der Waals surface area contributed by atoms with Gasteiger partial charge in [0, 0.05) is 11.8 Å². The third-order valence-electron chi connectivity index (χ3n) is 4.33. The number of fused-ring (bicyclic) bond motifs is 1. The van der Waals surface area contributed by atoms with Gasteiger partial charge in [0.1, 0.15) is 17.9 Å². The summed E-state index contributed by atoms with van der Waals surface area (Å²) in [7, 11) is 0. The maximum atomic E-state index is 12.5. The minimum atomic E-state index is -0.639. The molecule has 0 bridgehead atoms. The molecule has 152 valence electrons. The Bertz CT molecular complexity index is 1050. The van der Waals surface area contributed by atoms with Crippen molar-refractivity contribution in [3.63, 3.8) is 0 Å². The van der Waals surface area contributed by atoms with E-state index in [2.05, 4.69) is 5.32 Å². The smallest absolute Gasteiger partial charge is 0.342 e. The third kappa shape index (κ3) is 4.70. The zero-order chi connectivity index (χ0) is 20.8. The van der Waals surface area contributed by atoms with Gasteiger partial charge in [-0.1, -0.05) is 42.5 Å². The average Bonchev–Trinajstić information content (AvgIpc) is 3.25. The lowest BCUT2D eigenvalue weighted by Gasteiger charge is -2.11. The standard InChI is InChI=1S/C23H19NO6/c25-22(24-17-10-11-20-21(12-17)30-15-29-20)14-28-23(26)18-8-4-5-9-19(18)27-13-16-6-2-1-3-7-16/h1-12H,13-15H2,(H,24,25). The molecule has 0 spiro atoms. The van der Waals surface area contributed by atoms with Gasteiger partial charge in [-0.15, -0.1) is 0 Å². The minimum Gasteiger partial charge on any atom is -0.488 e. The van der Waals surface area contributed by atoms with E-state index in [9.17, 15) is 9.59 Å². The Kier molecular flexibility index (Phi) is 5.80. The molecule has 0 saturated heterocycles. The van der Waals surface area contributed by atoms with Crippen LogP contribution in [0.2, 0.25) is 0 Å². The summed E-state index contributed by atoms with van der Waals surface area (Å²) < 4.78 is 21.4. The average molecular weight is 405 g/mol. The number of amides is 1. The van der Waals surface area contributed by atoms with E-state index < -0.39 is 18.5 Å². The zero-order valence-corrected chi connectivity index (χ0v) is 16.0. The number of hydrogen-bond acceptors (Lipinski definition) is 6. The minimum absolute atomic E-state index is 0.149. The van der Waals surface area contributed by atoms with Gasteiger partial charge in [-0.05, 0) is 29.8 Å². The highest BCUT2D eigenvalue weighted by Gasteiger charge is 2.17. The summed E-state index contributed by atoms with van der Waals surface area (Å²) in [6, 6.07) is 21.4. The molecule has 1 amide bonds. The zero-order valence-electron chi connectivity index (χ0n) is 16.0. The molecule has 0 saturated carbocycles. The number of para-hydroxylation sites is 1. The highest BCUT2D eigenvalue weighted by atomic mass is 16.7. The first-order valence-electron chi connectivity index (χ1n) is 9.31. The second-order valence-electron chi connectivity index (χ2n) is 6.46. The van der Waals surface area contributed by atoms with Crippen LogP contribution in [0.25, 0.3) is 0 Å². The van der Waals surface area contributed by atoms with Crippen LogP contribution >= 0.6 is 0 Å². The predicted octanol–water partition coefficient (Wildman–Crippen LogP) is 3.79. The van der Waals surface area contributed by atoms with Crippen molar-refractivity contribution in [3.05, 3.63) is 83.9 Å². The van der Waals surface area contributed by atoms with Gasteiger partial charge in [-0.3, -0.25) is 4.79 Å². The first-order chi connectivity index (χ1) is 14.7. The number of rotatable bonds is 7. The van der Waals surface area contributed by atoms with E-state index in [0.29, 0.717) is 29.5 Å². The largest absolute Gasteiger partial charge is 0.488 e. The molecule has 0 radical (unpaired) electrons. The van der Waals surface area contributed by atoms with Crippen LogP contribution in [-0.4, -0.2) is 25.3 Å². The number of esters is 1. The van der Waals surface area contributed by atoms with E-state index in [1.807, 2.05) is 30.3 Å². The quantitative estimate of drug-likeness (QED) is 0.602. The Labute approximate surface area is 173 Å². The lowest BCUT2D eigenvalue weighted by molar-refractivity contribution is -0.119. The highest BCUT2D eigenvalue weighted by molar-refractivity contribution is 5.96. The molecule has 0 aromatic heterocycles. The van der Waals surface area contributed by atoms with Gasteiger partial charge in [-0.2, -0.15) is 0 Å². The Morgan fingerprint density at radius 3 is 2.53 bits per heavy atom. The molecular weight excluding hydrogens is 386 g/mol. The van der Waals surface area contributed by atoms with Crippen LogP contribution in [0, 0.1) is 0 Å². The third-order valence-corrected chi connectivity index (χ3v) is 4.33. The Morgan fingerprint density at radius 2 is 1.67 bits per heavy atom. The van der Waals surface area contributed by atoms with E-state index in [4.69, 9.17) is 18.9 Å². The molecule has 3 aromatic rings. The van der Waals surface area contributed by atoms with Crippen molar-refractivity contribution in [2.24, 2.45) is 0 Å². The van der Waals surface area contributed by atoms with Gasteiger partial charge in [0.2, 0.25) is 6.79 Å². The van der Waals surface area contributed by atoms with Gasteiger partial charge in [0.05, 0.1) is 0 Å². The van der Waals surface area contributed by atoms with Crippen molar-refractivity contribution in [2.45, 2.75) is 6.61 Å². The molecule has 0 fully saturated rings. The van der Waals surface area contributed by atoms with Crippen molar-refractivity contribution in [2.75, 3.05) is 18.7 Å². The molecule has 7 heteroatoms. The van der Waals surface area contributed by atoms with Crippen LogP contribution in [0.1, 0.15) is 15.9 Å². The van der Waals surface area contributed by atoms with Gasteiger partial charge in [-0.25, -0.2) is 4.79 Å². The number of hydrogen-bond donors (Lipinski definition) is 1. The van der Waals surface area contributed by atoms with Crippen LogP contribution in [0.4, 0.5) is 5.69 Å². The molecule has 0 atom stereocenters. The van der Waals surface area contributed by atoms with Gasteiger partial charge in [0.25, 0.3) is 5.91 Å². The van der Waals surface area contributed by atoms with Crippen LogP contribution in [0.3, 0.4) is 0 Å². The van der Waals surface area contributed by atoms with Crippen LogP contribution in [0.5, 0.6) is 17.2 Å². The van der Waals surface area contributed by atoms with Crippen LogP contribution < -0.4 is 19.5 Å². The molecule has 1 heterocycles. The number of carbonyl (C=O) groups is 2. The fraction of sp³-hybridized carbons (Fsp3) is 0.130.